The lowest BCUT2D eigenvalue weighted by Crippen LogP contribution is -2.35. The zero-order valence-corrected chi connectivity index (χ0v) is 14.0. The number of alkyl halides is 1. The molecule has 122 valence electrons. The molecule has 1 aromatic carbocycles. The van der Waals surface area contributed by atoms with Crippen molar-refractivity contribution in [3.8, 4) is 0 Å². The number of benzene rings is 1. The molecular weight excluding hydrogens is 309 g/mol. The van der Waals surface area contributed by atoms with Gasteiger partial charge in [-0.1, -0.05) is 35.8 Å². The summed E-state index contributed by atoms with van der Waals surface area (Å²) in [5.41, 5.74) is 0.809. The predicted molar refractivity (Wildman–Crippen MR) is 85.3 cm³/mol. The van der Waals surface area contributed by atoms with Gasteiger partial charge in [0, 0.05) is 27.1 Å². The highest BCUT2D eigenvalue weighted by atomic mass is 31.2. The van der Waals surface area contributed by atoms with E-state index in [2.05, 4.69) is 4.52 Å². The summed E-state index contributed by atoms with van der Waals surface area (Å²) in [6.07, 6.45) is -3.23. The van der Waals surface area contributed by atoms with Crippen LogP contribution in [0.1, 0.15) is 11.7 Å². The van der Waals surface area contributed by atoms with Crippen LogP contribution < -0.4 is 0 Å². The topological polar surface area (TPSA) is 65.0 Å². The summed E-state index contributed by atoms with van der Waals surface area (Å²) in [5.74, 6) is 1.05. The van der Waals surface area contributed by atoms with Crippen LogP contribution in [0.15, 0.2) is 41.6 Å². The van der Waals surface area contributed by atoms with Crippen LogP contribution in [0.25, 0.3) is 0 Å². The van der Waals surface area contributed by atoms with Crippen LogP contribution in [-0.2, 0) is 18.6 Å². The quantitative estimate of drug-likeness (QED) is 0.584. The Kier molecular flexibility index (Phi) is 7.46. The zero-order chi connectivity index (χ0) is 16.8. The van der Waals surface area contributed by atoms with Crippen LogP contribution in [0, 0.1) is 0 Å². The molecule has 0 aliphatic carbocycles. The van der Waals surface area contributed by atoms with Crippen molar-refractivity contribution in [2.75, 3.05) is 21.3 Å². The minimum Gasteiger partial charge on any atom is -0.375 e. The van der Waals surface area contributed by atoms with E-state index in [0.717, 1.165) is 12.9 Å². The Morgan fingerprint density at radius 3 is 2.32 bits per heavy atom. The van der Waals surface area contributed by atoms with Crippen LogP contribution in [-0.4, -0.2) is 46.3 Å². The minimum atomic E-state index is -3.87. The zero-order valence-electron chi connectivity index (χ0n) is 13.1. The molecule has 5 nitrogen and oxygen atoms in total. The van der Waals surface area contributed by atoms with E-state index < -0.39 is 26.0 Å². The Bertz CT molecular complexity index is 539. The Balaban J connectivity index is 3.07. The molecule has 0 aliphatic heterocycles. The van der Waals surface area contributed by atoms with Crippen LogP contribution in [0.5, 0.6) is 0 Å². The average molecular weight is 330 g/mol. The molecule has 1 rings (SSSR count). The summed E-state index contributed by atoms with van der Waals surface area (Å²) in [4.78, 5) is 9.51. The van der Waals surface area contributed by atoms with E-state index in [0.29, 0.717) is 11.0 Å². The molecule has 0 amide bonds. The van der Waals surface area contributed by atoms with E-state index in [1.54, 1.807) is 38.2 Å². The van der Waals surface area contributed by atoms with E-state index in [1.807, 2.05) is 0 Å². The van der Waals surface area contributed by atoms with Gasteiger partial charge >= 0.3 is 7.60 Å². The van der Waals surface area contributed by atoms with Gasteiger partial charge < -0.3 is 18.9 Å². The number of methoxy groups -OCH3 is 2. The second-order valence-electron chi connectivity index (χ2n) is 4.79. The first-order chi connectivity index (χ1) is 10.4. The van der Waals surface area contributed by atoms with E-state index >= 15 is 0 Å². The number of ether oxygens (including phenoxy) is 2. The van der Waals surface area contributed by atoms with Gasteiger partial charge in [0.05, 0.1) is 6.10 Å². The van der Waals surface area contributed by atoms with Gasteiger partial charge in [-0.05, 0) is 5.56 Å². The van der Waals surface area contributed by atoms with Gasteiger partial charge in [-0.3, -0.25) is 4.57 Å². The van der Waals surface area contributed by atoms with Gasteiger partial charge in [-0.15, -0.1) is 0 Å². The maximum absolute atomic E-state index is 14.7. The second kappa shape index (κ2) is 8.60. The summed E-state index contributed by atoms with van der Waals surface area (Å²) in [5, 5.41) is 0. The van der Waals surface area contributed by atoms with Crippen molar-refractivity contribution in [2.24, 2.45) is 0 Å². The van der Waals surface area contributed by atoms with Crippen molar-refractivity contribution in [1.82, 2.24) is 0 Å². The molecule has 0 heterocycles. The Labute approximate surface area is 131 Å². The third-order valence-corrected chi connectivity index (χ3v) is 4.56. The average Bonchev–Trinajstić information content (AvgIpc) is 2.52. The summed E-state index contributed by atoms with van der Waals surface area (Å²) in [6.45, 7) is 0. The van der Waals surface area contributed by atoms with Crippen LogP contribution >= 0.6 is 7.60 Å². The molecule has 0 aromatic heterocycles. The summed E-state index contributed by atoms with van der Waals surface area (Å²) < 4.78 is 41.4. The predicted octanol–water partition coefficient (Wildman–Crippen LogP) is 2.03. The van der Waals surface area contributed by atoms with Gasteiger partial charge in [0.1, 0.15) is 14.0 Å². The SMILES string of the molecule is B/C(=C\P(=O)(O)OC)[C@@H](OC)[C@@H](OC)[C@@H](F)c1ccccc1. The van der Waals surface area contributed by atoms with Crippen molar-refractivity contribution in [2.45, 2.75) is 18.4 Å². The highest BCUT2D eigenvalue weighted by Crippen LogP contribution is 2.44. The molecule has 0 fully saturated rings. The van der Waals surface area contributed by atoms with Crippen molar-refractivity contribution in [1.29, 1.82) is 0 Å². The summed E-state index contributed by atoms with van der Waals surface area (Å²) in [7, 11) is 1.59. The normalized spacial score (nSPS) is 19.2. The van der Waals surface area contributed by atoms with E-state index in [9.17, 15) is 13.8 Å². The fourth-order valence-electron chi connectivity index (χ4n) is 2.19. The lowest BCUT2D eigenvalue weighted by Gasteiger charge is -2.29. The molecule has 0 spiro atoms. The molecular formula is C14H21BFO5P. The minimum absolute atomic E-state index is 0.362. The van der Waals surface area contributed by atoms with Crippen LogP contribution in [0.4, 0.5) is 4.39 Å². The van der Waals surface area contributed by atoms with Gasteiger partial charge in [0.15, 0.2) is 6.17 Å². The number of hydrogen-bond donors (Lipinski definition) is 1. The smallest absolute Gasteiger partial charge is 0.350 e. The largest absolute Gasteiger partial charge is 0.375 e. The Hall–Kier alpha value is -0.975. The third-order valence-electron chi connectivity index (χ3n) is 3.31. The summed E-state index contributed by atoms with van der Waals surface area (Å²) in [6, 6.07) is 8.54. The molecule has 8 heteroatoms. The van der Waals surface area contributed by atoms with Crippen molar-refractivity contribution < 1.29 is 27.8 Å². The summed E-state index contributed by atoms with van der Waals surface area (Å²) >= 11 is 0. The van der Waals surface area contributed by atoms with Crippen molar-refractivity contribution in [3.63, 3.8) is 0 Å². The molecule has 0 saturated heterocycles. The standard InChI is InChI=1S/C14H21BFO5P/c1-19-13(11(15)9-22(17,18)21-3)14(20-2)12(16)10-7-5-4-6-8-10/h4-9,12-14H,15H2,1-3H3,(H,17,18)/b11-9-/t12-,13+,14-/m0/s1. The van der Waals surface area contributed by atoms with E-state index in [1.165, 1.54) is 14.2 Å². The fourth-order valence-corrected chi connectivity index (χ4v) is 2.95. The van der Waals surface area contributed by atoms with Gasteiger partial charge in [0.2, 0.25) is 0 Å². The molecule has 0 aliphatic rings. The molecule has 1 unspecified atom stereocenters. The highest BCUT2D eigenvalue weighted by Gasteiger charge is 2.33. The third kappa shape index (κ3) is 5.04. The first-order valence-electron chi connectivity index (χ1n) is 6.68. The molecule has 1 N–H and O–H groups in total. The maximum atomic E-state index is 14.7. The van der Waals surface area contributed by atoms with Crippen LogP contribution in [0.2, 0.25) is 0 Å². The number of halogens is 1. The Morgan fingerprint density at radius 1 is 1.27 bits per heavy atom. The van der Waals surface area contributed by atoms with Crippen molar-refractivity contribution >= 4 is 15.4 Å². The van der Waals surface area contributed by atoms with Gasteiger partial charge in [0.25, 0.3) is 0 Å². The maximum Gasteiger partial charge on any atom is 0.350 e. The van der Waals surface area contributed by atoms with Gasteiger partial charge in [-0.25, -0.2) is 4.39 Å². The number of hydrogen-bond acceptors (Lipinski definition) is 4. The fraction of sp³-hybridized carbons (Fsp3) is 0.429. The molecule has 0 radical (unpaired) electrons. The van der Waals surface area contributed by atoms with Crippen molar-refractivity contribution in [3.05, 3.63) is 47.2 Å². The molecule has 4 atom stereocenters. The van der Waals surface area contributed by atoms with E-state index in [4.69, 9.17) is 9.47 Å². The monoisotopic (exact) mass is 330 g/mol. The second-order valence-corrected chi connectivity index (χ2v) is 6.54. The first kappa shape index (κ1) is 19.1. The Morgan fingerprint density at radius 2 is 1.86 bits per heavy atom. The van der Waals surface area contributed by atoms with E-state index in [-0.39, 0.29) is 0 Å². The lowest BCUT2D eigenvalue weighted by molar-refractivity contribution is -0.0553. The lowest BCUT2D eigenvalue weighted by atomic mass is 9.86. The molecule has 0 bridgehead atoms. The number of rotatable bonds is 8. The molecule has 1 aromatic rings. The van der Waals surface area contributed by atoms with Gasteiger partial charge in [-0.2, -0.15) is 0 Å². The van der Waals surface area contributed by atoms with Crippen LogP contribution in [0.3, 0.4) is 0 Å². The highest BCUT2D eigenvalue weighted by molar-refractivity contribution is 7.56. The molecule has 0 saturated carbocycles. The first-order valence-corrected chi connectivity index (χ1v) is 8.33. The molecule has 22 heavy (non-hydrogen) atoms.